The van der Waals surface area contributed by atoms with Crippen molar-refractivity contribution >= 4 is 46.8 Å². The third-order valence-corrected chi connectivity index (χ3v) is 4.89. The van der Waals surface area contributed by atoms with E-state index < -0.39 is 18.5 Å². The minimum absolute atomic E-state index is 0.0282. The summed E-state index contributed by atoms with van der Waals surface area (Å²) < 4.78 is 5.78. The molecule has 2 aromatic rings. The largest absolute Gasteiger partial charge is 0.451 e. The number of amides is 2. The summed E-state index contributed by atoms with van der Waals surface area (Å²) >= 11 is 7.31. The molecule has 8 heteroatoms. The molecule has 1 aromatic heterocycles. The van der Waals surface area contributed by atoms with Crippen molar-refractivity contribution in [1.29, 1.82) is 0 Å². The van der Waals surface area contributed by atoms with E-state index >= 15 is 0 Å². The number of nitrogens with zero attached hydrogens (tertiary/aromatic N) is 1. The quantitative estimate of drug-likeness (QED) is 0.524. The Morgan fingerprint density at radius 2 is 1.89 bits per heavy atom. The SMILES string of the molecule is CCN(Cc1ccc(Cl)s1)C(=O)COC(=O)/C(=C/c1ccccc1)NC(C)=O. The number of hydrogen-bond acceptors (Lipinski definition) is 5. The average Bonchev–Trinajstić information content (AvgIpc) is 3.08. The van der Waals surface area contributed by atoms with Crippen LogP contribution in [0.4, 0.5) is 0 Å². The van der Waals surface area contributed by atoms with Crippen molar-refractivity contribution in [2.24, 2.45) is 0 Å². The van der Waals surface area contributed by atoms with Crippen LogP contribution in [0.2, 0.25) is 4.34 Å². The van der Waals surface area contributed by atoms with Crippen molar-refractivity contribution in [3.8, 4) is 0 Å². The van der Waals surface area contributed by atoms with Crippen molar-refractivity contribution in [1.82, 2.24) is 10.2 Å². The molecule has 0 saturated heterocycles. The zero-order valence-corrected chi connectivity index (χ0v) is 17.2. The van der Waals surface area contributed by atoms with Gasteiger partial charge in [-0.05, 0) is 30.7 Å². The first-order chi connectivity index (χ1) is 13.4. The van der Waals surface area contributed by atoms with E-state index in [-0.39, 0.29) is 11.6 Å². The van der Waals surface area contributed by atoms with E-state index in [4.69, 9.17) is 16.3 Å². The second-order valence-electron chi connectivity index (χ2n) is 5.84. The number of halogens is 1. The van der Waals surface area contributed by atoms with E-state index in [2.05, 4.69) is 5.32 Å². The van der Waals surface area contributed by atoms with Gasteiger partial charge in [0.15, 0.2) is 6.61 Å². The predicted molar refractivity (Wildman–Crippen MR) is 110 cm³/mol. The number of hydrogen-bond donors (Lipinski definition) is 1. The van der Waals surface area contributed by atoms with Crippen molar-refractivity contribution in [3.05, 3.63) is 62.9 Å². The summed E-state index contributed by atoms with van der Waals surface area (Å²) in [5.41, 5.74) is 0.693. The molecule has 0 bridgehead atoms. The highest BCUT2D eigenvalue weighted by molar-refractivity contribution is 7.16. The van der Waals surface area contributed by atoms with Crippen LogP contribution < -0.4 is 5.32 Å². The number of carbonyl (C=O) groups excluding carboxylic acids is 3. The van der Waals surface area contributed by atoms with E-state index in [1.54, 1.807) is 23.1 Å². The van der Waals surface area contributed by atoms with Crippen LogP contribution >= 0.6 is 22.9 Å². The summed E-state index contributed by atoms with van der Waals surface area (Å²) in [6.07, 6.45) is 1.50. The lowest BCUT2D eigenvalue weighted by Crippen LogP contribution is -2.35. The maximum atomic E-state index is 12.4. The second-order valence-corrected chi connectivity index (χ2v) is 7.64. The number of nitrogens with one attached hydrogen (secondary N) is 1. The van der Waals surface area contributed by atoms with Crippen molar-refractivity contribution in [2.75, 3.05) is 13.2 Å². The van der Waals surface area contributed by atoms with Crippen molar-refractivity contribution in [2.45, 2.75) is 20.4 Å². The Morgan fingerprint density at radius 3 is 2.46 bits per heavy atom. The van der Waals surface area contributed by atoms with Crippen LogP contribution in [-0.2, 0) is 25.7 Å². The summed E-state index contributed by atoms with van der Waals surface area (Å²) in [5.74, 6) is -1.51. The van der Waals surface area contributed by atoms with Gasteiger partial charge in [0, 0.05) is 18.3 Å². The molecule has 0 aliphatic heterocycles. The van der Waals surface area contributed by atoms with Gasteiger partial charge < -0.3 is 15.0 Å². The molecule has 0 atom stereocenters. The molecule has 0 saturated carbocycles. The van der Waals surface area contributed by atoms with Crippen LogP contribution in [0, 0.1) is 0 Å². The highest BCUT2D eigenvalue weighted by atomic mass is 35.5. The van der Waals surface area contributed by atoms with E-state index in [0.29, 0.717) is 17.4 Å². The first-order valence-electron chi connectivity index (χ1n) is 8.62. The van der Waals surface area contributed by atoms with Gasteiger partial charge in [0.1, 0.15) is 5.70 Å². The van der Waals surface area contributed by atoms with Gasteiger partial charge in [-0.2, -0.15) is 0 Å². The van der Waals surface area contributed by atoms with Crippen LogP contribution in [0.5, 0.6) is 0 Å². The Balaban J connectivity index is 2.00. The van der Waals surface area contributed by atoms with E-state index in [9.17, 15) is 14.4 Å². The van der Waals surface area contributed by atoms with Crippen LogP contribution in [0.1, 0.15) is 24.3 Å². The molecule has 0 radical (unpaired) electrons. The standard InChI is InChI=1S/C20H21ClN2O4S/c1-3-23(12-16-9-10-18(21)28-16)19(25)13-27-20(26)17(22-14(2)24)11-15-7-5-4-6-8-15/h4-11H,3,12-13H2,1-2H3,(H,22,24)/b17-11-. The van der Waals surface area contributed by atoms with Crippen molar-refractivity contribution < 1.29 is 19.1 Å². The molecule has 0 aliphatic carbocycles. The van der Waals surface area contributed by atoms with Gasteiger partial charge in [-0.25, -0.2) is 4.79 Å². The number of benzene rings is 1. The van der Waals surface area contributed by atoms with Crippen LogP contribution in [-0.4, -0.2) is 35.8 Å². The lowest BCUT2D eigenvalue weighted by Gasteiger charge is -2.20. The van der Waals surface area contributed by atoms with Crippen molar-refractivity contribution in [3.63, 3.8) is 0 Å². The maximum Gasteiger partial charge on any atom is 0.355 e. The topological polar surface area (TPSA) is 75.7 Å². The lowest BCUT2D eigenvalue weighted by molar-refractivity contribution is -0.149. The molecule has 0 spiro atoms. The number of carbonyl (C=O) groups is 3. The predicted octanol–water partition coefficient (Wildman–Crippen LogP) is 3.47. The molecule has 0 aliphatic rings. The Hall–Kier alpha value is -2.64. The van der Waals surface area contributed by atoms with Gasteiger partial charge in [0.25, 0.3) is 5.91 Å². The fraction of sp³-hybridized carbons (Fsp3) is 0.250. The lowest BCUT2D eigenvalue weighted by atomic mass is 10.2. The molecule has 1 heterocycles. The number of esters is 1. The molecule has 0 unspecified atom stereocenters. The summed E-state index contributed by atoms with van der Waals surface area (Å²) in [6.45, 7) is 3.57. The first kappa shape index (κ1) is 21.7. The summed E-state index contributed by atoms with van der Waals surface area (Å²) in [7, 11) is 0. The van der Waals surface area contributed by atoms with Crippen LogP contribution in [0.15, 0.2) is 48.2 Å². The fourth-order valence-electron chi connectivity index (χ4n) is 2.35. The van der Waals surface area contributed by atoms with Gasteiger partial charge in [-0.3, -0.25) is 9.59 Å². The normalized spacial score (nSPS) is 11.0. The Kier molecular flexibility index (Phi) is 8.22. The molecule has 1 N–H and O–H groups in total. The Labute approximate surface area is 172 Å². The summed E-state index contributed by atoms with van der Waals surface area (Å²) in [6, 6.07) is 12.6. The number of thiophene rings is 1. The van der Waals surface area contributed by atoms with E-state index in [0.717, 1.165) is 10.4 Å². The molecule has 6 nitrogen and oxygen atoms in total. The average molecular weight is 421 g/mol. The van der Waals surface area contributed by atoms with E-state index in [1.165, 1.54) is 24.3 Å². The molecule has 1 aromatic carbocycles. The second kappa shape index (κ2) is 10.6. The Morgan fingerprint density at radius 1 is 1.18 bits per heavy atom. The minimum atomic E-state index is -0.775. The van der Waals surface area contributed by atoms with Gasteiger partial charge in [0.05, 0.1) is 10.9 Å². The molecular formula is C20H21ClN2O4S. The monoisotopic (exact) mass is 420 g/mol. The van der Waals surface area contributed by atoms with E-state index in [1.807, 2.05) is 31.2 Å². The fourth-order valence-corrected chi connectivity index (χ4v) is 3.45. The molecule has 148 valence electrons. The number of ether oxygens (including phenoxy) is 1. The zero-order valence-electron chi connectivity index (χ0n) is 15.6. The highest BCUT2D eigenvalue weighted by Crippen LogP contribution is 2.22. The summed E-state index contributed by atoms with van der Waals surface area (Å²) in [5, 5.41) is 2.45. The smallest absolute Gasteiger partial charge is 0.355 e. The third-order valence-electron chi connectivity index (χ3n) is 3.68. The minimum Gasteiger partial charge on any atom is -0.451 e. The summed E-state index contributed by atoms with van der Waals surface area (Å²) in [4.78, 5) is 38.7. The maximum absolute atomic E-state index is 12.4. The molecule has 0 fully saturated rings. The molecular weight excluding hydrogens is 400 g/mol. The zero-order chi connectivity index (χ0) is 20.5. The molecule has 2 amide bonds. The van der Waals surface area contributed by atoms with Gasteiger partial charge in [-0.15, -0.1) is 11.3 Å². The van der Waals surface area contributed by atoms with Gasteiger partial charge in [0.2, 0.25) is 5.91 Å². The third kappa shape index (κ3) is 6.83. The van der Waals surface area contributed by atoms with Crippen LogP contribution in [0.25, 0.3) is 6.08 Å². The highest BCUT2D eigenvalue weighted by Gasteiger charge is 2.18. The molecule has 2 rings (SSSR count). The van der Waals surface area contributed by atoms with Crippen LogP contribution in [0.3, 0.4) is 0 Å². The van der Waals surface area contributed by atoms with Gasteiger partial charge >= 0.3 is 5.97 Å². The number of likely N-dealkylation sites (N-methyl/N-ethyl adjacent to an activating group) is 1. The van der Waals surface area contributed by atoms with Gasteiger partial charge in [-0.1, -0.05) is 41.9 Å². The first-order valence-corrected chi connectivity index (χ1v) is 9.82. The number of rotatable bonds is 8. The Bertz CT molecular complexity index is 864. The molecule has 28 heavy (non-hydrogen) atoms.